The maximum Gasteiger partial charge on any atom is 0.253 e. The summed E-state index contributed by atoms with van der Waals surface area (Å²) in [6.07, 6.45) is 10.9. The molecular formula is C31H47N3O6S. The van der Waals surface area contributed by atoms with Gasteiger partial charge in [-0.2, -0.15) is 0 Å². The van der Waals surface area contributed by atoms with E-state index in [1.165, 1.54) is 24.1 Å². The Morgan fingerprint density at radius 2 is 1.63 bits per heavy atom. The number of rotatable bonds is 18. The van der Waals surface area contributed by atoms with Gasteiger partial charge in [0.25, 0.3) is 5.91 Å². The van der Waals surface area contributed by atoms with Crippen LogP contribution in [0.15, 0.2) is 42.5 Å². The number of aliphatic hydroxyl groups is 1. The number of unbranched alkanes of at least 4 members (excludes halogenated alkanes) is 4. The number of aliphatic hydroxyl groups excluding tert-OH is 1. The quantitative estimate of drug-likeness (QED) is 0.148. The van der Waals surface area contributed by atoms with E-state index < -0.39 is 16.1 Å². The molecule has 1 amide bonds. The Morgan fingerprint density at radius 3 is 2.34 bits per heavy atom. The lowest BCUT2D eigenvalue weighted by molar-refractivity contribution is 0.0724. The van der Waals surface area contributed by atoms with Crippen molar-refractivity contribution in [2.45, 2.75) is 70.3 Å². The molecule has 2 aromatic carbocycles. The number of carbonyl (C=O) groups excluding carboxylic acids is 1. The Morgan fingerprint density at radius 1 is 0.951 bits per heavy atom. The molecule has 0 bridgehead atoms. The number of hydrogen-bond donors (Lipinski definition) is 4. The van der Waals surface area contributed by atoms with Crippen LogP contribution in [0.5, 0.6) is 5.75 Å². The molecule has 4 N–H and O–H groups in total. The number of nitrogens with one attached hydrogen (secondary N) is 2. The molecule has 0 spiro atoms. The largest absolute Gasteiger partial charge is 0.506 e. The third-order valence-electron chi connectivity index (χ3n) is 7.28. The first-order valence-electron chi connectivity index (χ1n) is 14.9. The van der Waals surface area contributed by atoms with E-state index in [1.807, 2.05) is 17.0 Å². The molecule has 0 aliphatic carbocycles. The number of carbonyl (C=O) groups is 1. The fourth-order valence-electron chi connectivity index (χ4n) is 4.94. The minimum Gasteiger partial charge on any atom is -0.506 e. The number of amides is 1. The van der Waals surface area contributed by atoms with Gasteiger partial charge in [-0.15, -0.1) is 0 Å². The van der Waals surface area contributed by atoms with Crippen molar-refractivity contribution in [3.8, 4) is 5.75 Å². The molecule has 9 nitrogen and oxygen atoms in total. The van der Waals surface area contributed by atoms with Crippen LogP contribution >= 0.6 is 0 Å². The number of piperidine rings is 1. The molecule has 1 aliphatic rings. The van der Waals surface area contributed by atoms with E-state index in [2.05, 4.69) is 22.2 Å². The smallest absolute Gasteiger partial charge is 0.253 e. The monoisotopic (exact) mass is 589 g/mol. The molecule has 1 fully saturated rings. The van der Waals surface area contributed by atoms with Crippen LogP contribution in [0.4, 0.5) is 5.69 Å². The van der Waals surface area contributed by atoms with Crippen molar-refractivity contribution in [1.82, 2.24) is 10.2 Å². The van der Waals surface area contributed by atoms with Crippen molar-refractivity contribution in [3.63, 3.8) is 0 Å². The van der Waals surface area contributed by atoms with Crippen LogP contribution in [0.2, 0.25) is 0 Å². The average Bonchev–Trinajstić information content (AvgIpc) is 2.96. The zero-order valence-electron chi connectivity index (χ0n) is 24.3. The maximum atomic E-state index is 12.6. The average molecular weight is 590 g/mol. The lowest BCUT2D eigenvalue weighted by Crippen LogP contribution is -2.35. The summed E-state index contributed by atoms with van der Waals surface area (Å²) in [5.74, 6) is -0.0289. The van der Waals surface area contributed by atoms with Crippen molar-refractivity contribution in [2.75, 3.05) is 50.4 Å². The SMILES string of the molecule is CS(=O)(=O)Nc1cc(C(O)CNCCCCCCOCCCCc2ccc(C(=O)N3CCCCC3)cc2)ccc1O. The molecule has 0 radical (unpaired) electrons. The molecule has 1 unspecified atom stereocenters. The Bertz CT molecular complexity index is 1170. The number of aromatic hydroxyl groups is 1. The van der Waals surface area contributed by atoms with Crippen LogP contribution in [0.3, 0.4) is 0 Å². The highest BCUT2D eigenvalue weighted by Crippen LogP contribution is 2.27. The second-order valence-corrected chi connectivity index (χ2v) is 12.7. The predicted molar refractivity (Wildman–Crippen MR) is 163 cm³/mol. The molecule has 1 atom stereocenters. The first-order valence-corrected chi connectivity index (χ1v) is 16.8. The van der Waals surface area contributed by atoms with Gasteiger partial charge >= 0.3 is 0 Å². The Hall–Kier alpha value is -2.66. The summed E-state index contributed by atoms with van der Waals surface area (Å²) in [5, 5.41) is 23.4. The van der Waals surface area contributed by atoms with Crippen LogP contribution in [-0.4, -0.2) is 75.1 Å². The van der Waals surface area contributed by atoms with Crippen LogP contribution < -0.4 is 10.0 Å². The molecule has 228 valence electrons. The number of phenols is 1. The number of hydrogen-bond acceptors (Lipinski definition) is 7. The molecule has 1 aliphatic heterocycles. The number of ether oxygens (including phenoxy) is 1. The van der Waals surface area contributed by atoms with Gasteiger partial charge in [-0.1, -0.05) is 31.0 Å². The van der Waals surface area contributed by atoms with Gasteiger partial charge < -0.3 is 25.2 Å². The summed E-state index contributed by atoms with van der Waals surface area (Å²) in [5.41, 5.74) is 2.63. The van der Waals surface area contributed by atoms with E-state index in [-0.39, 0.29) is 17.3 Å². The summed E-state index contributed by atoms with van der Waals surface area (Å²) >= 11 is 0. The molecule has 0 aromatic heterocycles. The van der Waals surface area contributed by atoms with Crippen LogP contribution in [-0.2, 0) is 21.2 Å². The zero-order valence-corrected chi connectivity index (χ0v) is 25.1. The van der Waals surface area contributed by atoms with Crippen molar-refractivity contribution >= 4 is 21.6 Å². The van der Waals surface area contributed by atoms with Crippen molar-refractivity contribution in [2.24, 2.45) is 0 Å². The Balaban J connectivity index is 1.15. The second-order valence-electron chi connectivity index (χ2n) is 10.9. The highest BCUT2D eigenvalue weighted by atomic mass is 32.2. The Kier molecular flexibility index (Phi) is 13.9. The van der Waals surface area contributed by atoms with Crippen molar-refractivity contribution in [1.29, 1.82) is 0 Å². The first-order chi connectivity index (χ1) is 19.7. The predicted octanol–water partition coefficient (Wildman–Crippen LogP) is 4.61. The normalized spacial score (nSPS) is 14.6. The lowest BCUT2D eigenvalue weighted by Gasteiger charge is -2.26. The van der Waals surface area contributed by atoms with Crippen LogP contribution in [0.25, 0.3) is 0 Å². The van der Waals surface area contributed by atoms with Crippen LogP contribution in [0.1, 0.15) is 85.4 Å². The number of anilines is 1. The zero-order chi connectivity index (χ0) is 29.5. The molecular weight excluding hydrogens is 542 g/mol. The minimum atomic E-state index is -3.53. The maximum absolute atomic E-state index is 12.6. The minimum absolute atomic E-state index is 0.0539. The van der Waals surface area contributed by atoms with Gasteiger partial charge in [0.2, 0.25) is 10.0 Å². The molecule has 41 heavy (non-hydrogen) atoms. The standard InChI is InChI=1S/C31H47N3O6S/c1-41(38,39)33-28-23-27(16-17-29(28)35)30(36)24-32-18-6-2-3-9-21-40-22-10-5-11-25-12-14-26(15-13-25)31(37)34-19-7-4-8-20-34/h12-17,23,30,32-33,35-36H,2-11,18-22,24H2,1H3. The number of sulfonamides is 1. The highest BCUT2D eigenvalue weighted by Gasteiger charge is 2.18. The van der Waals surface area contributed by atoms with Gasteiger partial charge in [-0.25, -0.2) is 8.42 Å². The van der Waals surface area contributed by atoms with Gasteiger partial charge in [0.1, 0.15) is 5.75 Å². The molecule has 1 heterocycles. The van der Waals surface area contributed by atoms with E-state index >= 15 is 0 Å². The van der Waals surface area contributed by atoms with E-state index in [1.54, 1.807) is 6.07 Å². The topological polar surface area (TPSA) is 128 Å². The summed E-state index contributed by atoms with van der Waals surface area (Å²) in [6, 6.07) is 12.5. The number of likely N-dealkylation sites (tertiary alicyclic amines) is 1. The Labute approximate surface area is 245 Å². The summed E-state index contributed by atoms with van der Waals surface area (Å²) < 4.78 is 30.9. The summed E-state index contributed by atoms with van der Waals surface area (Å²) in [6.45, 7) is 4.41. The van der Waals surface area contributed by atoms with Gasteiger partial charge in [-0.05, 0) is 93.3 Å². The van der Waals surface area contributed by atoms with E-state index in [9.17, 15) is 23.4 Å². The summed E-state index contributed by atoms with van der Waals surface area (Å²) in [7, 11) is -3.53. The van der Waals surface area contributed by atoms with E-state index in [0.717, 1.165) is 102 Å². The van der Waals surface area contributed by atoms with Crippen LogP contribution in [0, 0.1) is 0 Å². The molecule has 3 rings (SSSR count). The molecule has 2 aromatic rings. The van der Waals surface area contributed by atoms with Gasteiger partial charge in [-0.3, -0.25) is 9.52 Å². The molecule has 0 saturated carbocycles. The second kappa shape index (κ2) is 17.3. The number of nitrogens with zero attached hydrogens (tertiary/aromatic N) is 1. The lowest BCUT2D eigenvalue weighted by atomic mass is 10.0. The van der Waals surface area contributed by atoms with E-state index in [4.69, 9.17) is 4.74 Å². The number of benzene rings is 2. The van der Waals surface area contributed by atoms with Gasteiger partial charge in [0.15, 0.2) is 0 Å². The van der Waals surface area contributed by atoms with Crippen molar-refractivity contribution in [3.05, 3.63) is 59.2 Å². The number of aryl methyl sites for hydroxylation is 1. The molecule has 10 heteroatoms. The molecule has 1 saturated heterocycles. The third kappa shape index (κ3) is 12.4. The van der Waals surface area contributed by atoms with E-state index in [0.29, 0.717) is 12.1 Å². The van der Waals surface area contributed by atoms with Gasteiger partial charge in [0.05, 0.1) is 18.0 Å². The fraction of sp³-hybridized carbons (Fsp3) is 0.581. The number of phenolic OH excluding ortho intramolecular Hbond substituents is 1. The highest BCUT2D eigenvalue weighted by molar-refractivity contribution is 7.92. The van der Waals surface area contributed by atoms with Gasteiger partial charge in [0, 0.05) is 38.4 Å². The first kappa shape index (κ1) is 32.8. The third-order valence-corrected chi connectivity index (χ3v) is 7.87. The van der Waals surface area contributed by atoms with Crippen molar-refractivity contribution < 1.29 is 28.2 Å². The summed E-state index contributed by atoms with van der Waals surface area (Å²) in [4.78, 5) is 14.6. The fourth-order valence-corrected chi connectivity index (χ4v) is 5.50.